The maximum atomic E-state index is 10.4. The highest BCUT2D eigenvalue weighted by Crippen LogP contribution is 2.44. The predicted molar refractivity (Wildman–Crippen MR) is 124 cm³/mol. The van der Waals surface area contributed by atoms with Crippen LogP contribution in [0.2, 0.25) is 0 Å². The van der Waals surface area contributed by atoms with Crippen LogP contribution < -0.4 is 9.47 Å². The van der Waals surface area contributed by atoms with Crippen LogP contribution in [0.25, 0.3) is 21.9 Å². The number of aryl methyl sites for hydroxylation is 2. The van der Waals surface area contributed by atoms with Crippen LogP contribution in [0.5, 0.6) is 11.5 Å². The largest absolute Gasteiger partial charge is 0.512 e. The SMILES string of the molecule is CCc1ccc(OC)c(-c2cccc3c(CCC(O)=C4CCC4)cccc23)c1OC. The number of hydrogen-bond acceptors (Lipinski definition) is 3. The Labute approximate surface area is 179 Å². The van der Waals surface area contributed by atoms with Crippen molar-refractivity contribution in [3.8, 4) is 22.6 Å². The molecular formula is C27H30O3. The lowest BCUT2D eigenvalue weighted by atomic mass is 9.89. The van der Waals surface area contributed by atoms with Crippen molar-refractivity contribution < 1.29 is 14.6 Å². The van der Waals surface area contributed by atoms with E-state index < -0.39 is 0 Å². The van der Waals surface area contributed by atoms with Gasteiger partial charge in [0.15, 0.2) is 0 Å². The number of methoxy groups -OCH3 is 2. The first-order valence-corrected chi connectivity index (χ1v) is 10.8. The molecule has 1 saturated carbocycles. The molecule has 1 aliphatic carbocycles. The van der Waals surface area contributed by atoms with E-state index >= 15 is 0 Å². The molecule has 3 aromatic rings. The molecule has 0 aliphatic heterocycles. The highest BCUT2D eigenvalue weighted by molar-refractivity contribution is 6.01. The molecule has 0 bridgehead atoms. The number of aliphatic hydroxyl groups is 1. The molecule has 0 aromatic heterocycles. The summed E-state index contributed by atoms with van der Waals surface area (Å²) in [5.74, 6) is 2.28. The summed E-state index contributed by atoms with van der Waals surface area (Å²) in [4.78, 5) is 0. The Morgan fingerprint density at radius 1 is 0.900 bits per heavy atom. The lowest BCUT2D eigenvalue weighted by molar-refractivity contribution is 0.365. The molecule has 0 saturated heterocycles. The van der Waals surface area contributed by atoms with Crippen LogP contribution in [0.15, 0.2) is 59.9 Å². The smallest absolute Gasteiger partial charge is 0.133 e. The third kappa shape index (κ3) is 3.65. The molecule has 156 valence electrons. The van der Waals surface area contributed by atoms with Gasteiger partial charge in [0.25, 0.3) is 0 Å². The van der Waals surface area contributed by atoms with E-state index in [1.165, 1.54) is 33.9 Å². The molecule has 3 nitrogen and oxygen atoms in total. The van der Waals surface area contributed by atoms with Gasteiger partial charge in [0, 0.05) is 6.42 Å². The van der Waals surface area contributed by atoms with E-state index in [0.717, 1.165) is 48.3 Å². The van der Waals surface area contributed by atoms with Gasteiger partial charge in [-0.05, 0) is 71.2 Å². The van der Waals surface area contributed by atoms with E-state index in [9.17, 15) is 5.11 Å². The molecule has 0 radical (unpaired) electrons. The quantitative estimate of drug-likeness (QED) is 0.432. The van der Waals surface area contributed by atoms with Crippen molar-refractivity contribution in [2.24, 2.45) is 0 Å². The Morgan fingerprint density at radius 3 is 2.33 bits per heavy atom. The van der Waals surface area contributed by atoms with Gasteiger partial charge in [-0.15, -0.1) is 0 Å². The summed E-state index contributed by atoms with van der Waals surface area (Å²) in [5.41, 5.74) is 5.77. The van der Waals surface area contributed by atoms with Gasteiger partial charge in [0.05, 0.1) is 25.5 Å². The monoisotopic (exact) mass is 402 g/mol. The van der Waals surface area contributed by atoms with Crippen LogP contribution >= 0.6 is 0 Å². The van der Waals surface area contributed by atoms with E-state index in [-0.39, 0.29) is 0 Å². The molecular weight excluding hydrogens is 372 g/mol. The molecule has 3 heteroatoms. The average Bonchev–Trinajstić information content (AvgIpc) is 2.74. The topological polar surface area (TPSA) is 38.7 Å². The molecule has 0 spiro atoms. The number of rotatable bonds is 7. The molecule has 3 aromatic carbocycles. The number of hydrogen-bond donors (Lipinski definition) is 1. The van der Waals surface area contributed by atoms with Crippen molar-refractivity contribution in [1.82, 2.24) is 0 Å². The first kappa shape index (κ1) is 20.3. The number of benzene rings is 3. The van der Waals surface area contributed by atoms with Crippen LogP contribution in [0, 0.1) is 0 Å². The zero-order valence-electron chi connectivity index (χ0n) is 18.1. The summed E-state index contributed by atoms with van der Waals surface area (Å²) in [6, 6.07) is 17.0. The second kappa shape index (κ2) is 8.83. The molecule has 0 unspecified atom stereocenters. The lowest BCUT2D eigenvalue weighted by Gasteiger charge is -2.19. The highest BCUT2D eigenvalue weighted by atomic mass is 16.5. The maximum absolute atomic E-state index is 10.4. The molecule has 30 heavy (non-hydrogen) atoms. The molecule has 1 fully saturated rings. The normalized spacial score (nSPS) is 13.2. The zero-order valence-corrected chi connectivity index (χ0v) is 18.1. The average molecular weight is 403 g/mol. The third-order valence-corrected chi connectivity index (χ3v) is 6.28. The molecule has 1 aliphatic rings. The van der Waals surface area contributed by atoms with Gasteiger partial charge in [0.2, 0.25) is 0 Å². The van der Waals surface area contributed by atoms with Gasteiger partial charge in [-0.25, -0.2) is 0 Å². The second-order valence-corrected chi connectivity index (χ2v) is 7.91. The number of aliphatic hydroxyl groups excluding tert-OH is 1. The summed E-state index contributed by atoms with van der Waals surface area (Å²) in [7, 11) is 3.43. The van der Waals surface area contributed by atoms with Gasteiger partial charge >= 0.3 is 0 Å². The minimum atomic E-state index is 0.591. The fraction of sp³-hybridized carbons (Fsp3) is 0.333. The summed E-state index contributed by atoms with van der Waals surface area (Å²) in [5, 5.41) is 12.8. The molecule has 0 heterocycles. The van der Waals surface area contributed by atoms with Crippen LogP contribution in [-0.4, -0.2) is 19.3 Å². The van der Waals surface area contributed by atoms with Crippen molar-refractivity contribution in [2.45, 2.75) is 45.4 Å². The fourth-order valence-electron chi connectivity index (χ4n) is 4.43. The molecule has 1 N–H and O–H groups in total. The summed E-state index contributed by atoms with van der Waals surface area (Å²) in [6.07, 6.45) is 5.75. The Balaban J connectivity index is 1.82. The highest BCUT2D eigenvalue weighted by Gasteiger charge is 2.19. The van der Waals surface area contributed by atoms with Crippen LogP contribution in [0.4, 0.5) is 0 Å². The number of allylic oxidation sites excluding steroid dienone is 2. The Bertz CT molecular complexity index is 1090. The zero-order chi connectivity index (χ0) is 21.1. The Morgan fingerprint density at radius 2 is 1.67 bits per heavy atom. The van der Waals surface area contributed by atoms with Crippen LogP contribution in [0.1, 0.15) is 43.7 Å². The van der Waals surface area contributed by atoms with E-state index in [0.29, 0.717) is 12.2 Å². The minimum absolute atomic E-state index is 0.591. The maximum Gasteiger partial charge on any atom is 0.133 e. The summed E-state index contributed by atoms with van der Waals surface area (Å²) < 4.78 is 11.6. The van der Waals surface area contributed by atoms with Gasteiger partial charge in [-0.2, -0.15) is 0 Å². The summed E-state index contributed by atoms with van der Waals surface area (Å²) >= 11 is 0. The van der Waals surface area contributed by atoms with Gasteiger partial charge in [-0.3, -0.25) is 0 Å². The number of fused-ring (bicyclic) bond motifs is 1. The number of ether oxygens (including phenoxy) is 2. The van der Waals surface area contributed by atoms with E-state index in [1.54, 1.807) is 14.2 Å². The fourth-order valence-corrected chi connectivity index (χ4v) is 4.43. The molecule has 0 amide bonds. The van der Waals surface area contributed by atoms with Gasteiger partial charge < -0.3 is 14.6 Å². The van der Waals surface area contributed by atoms with Crippen LogP contribution in [0.3, 0.4) is 0 Å². The Hall–Kier alpha value is -2.94. The van der Waals surface area contributed by atoms with Crippen molar-refractivity contribution >= 4 is 10.8 Å². The van der Waals surface area contributed by atoms with Crippen molar-refractivity contribution in [3.05, 3.63) is 71.0 Å². The van der Waals surface area contributed by atoms with Crippen molar-refractivity contribution in [1.29, 1.82) is 0 Å². The Kier molecular flexibility index (Phi) is 5.98. The standard InChI is InChI=1S/C27H30O3/c1-4-18-15-17-25(29-2)26(27(18)30-3)23-13-7-11-21-19(8-6-12-22(21)23)14-16-24(28)20-9-5-10-20/h6-8,11-13,15,17,28H,4-5,9-10,14,16H2,1-3H3. The first-order valence-electron chi connectivity index (χ1n) is 10.8. The summed E-state index contributed by atoms with van der Waals surface area (Å²) in [6.45, 7) is 2.14. The minimum Gasteiger partial charge on any atom is -0.512 e. The van der Waals surface area contributed by atoms with Gasteiger partial charge in [-0.1, -0.05) is 49.4 Å². The molecule has 0 atom stereocenters. The third-order valence-electron chi connectivity index (χ3n) is 6.28. The van der Waals surface area contributed by atoms with Crippen molar-refractivity contribution in [2.75, 3.05) is 14.2 Å². The molecule has 4 rings (SSSR count). The van der Waals surface area contributed by atoms with Crippen molar-refractivity contribution in [3.63, 3.8) is 0 Å². The second-order valence-electron chi connectivity index (χ2n) is 7.91. The lowest BCUT2D eigenvalue weighted by Crippen LogP contribution is -2.03. The van der Waals surface area contributed by atoms with Gasteiger partial charge in [0.1, 0.15) is 11.5 Å². The van der Waals surface area contributed by atoms with E-state index in [4.69, 9.17) is 9.47 Å². The first-order chi connectivity index (χ1) is 14.7. The predicted octanol–water partition coefficient (Wildman–Crippen LogP) is 7.02. The van der Waals surface area contributed by atoms with E-state index in [1.807, 2.05) is 6.07 Å². The van der Waals surface area contributed by atoms with E-state index in [2.05, 4.69) is 49.4 Å². The van der Waals surface area contributed by atoms with Crippen LogP contribution in [-0.2, 0) is 12.8 Å².